The van der Waals surface area contributed by atoms with Crippen molar-refractivity contribution in [1.82, 2.24) is 19.8 Å². The van der Waals surface area contributed by atoms with Gasteiger partial charge in [0.1, 0.15) is 5.75 Å². The molecule has 4 aromatic rings. The molecule has 1 saturated heterocycles. The van der Waals surface area contributed by atoms with E-state index in [4.69, 9.17) is 17.0 Å². The van der Waals surface area contributed by atoms with Gasteiger partial charge in [0.2, 0.25) is 0 Å². The van der Waals surface area contributed by atoms with Crippen LogP contribution in [-0.2, 0) is 6.54 Å². The van der Waals surface area contributed by atoms with Gasteiger partial charge in [-0.3, -0.25) is 4.98 Å². The van der Waals surface area contributed by atoms with Crippen LogP contribution in [0.25, 0.3) is 5.69 Å². The second-order valence-corrected chi connectivity index (χ2v) is 8.99. The topological polar surface area (TPSA) is 42.3 Å². The highest BCUT2D eigenvalue weighted by atomic mass is 32.1. The van der Waals surface area contributed by atoms with Crippen LogP contribution in [0.3, 0.4) is 0 Å². The lowest BCUT2D eigenvalue weighted by atomic mass is 9.96. The van der Waals surface area contributed by atoms with Crippen LogP contribution in [0.2, 0.25) is 0 Å². The summed E-state index contributed by atoms with van der Waals surface area (Å²) < 4.78 is 7.65. The van der Waals surface area contributed by atoms with Gasteiger partial charge in [-0.15, -0.1) is 0 Å². The lowest BCUT2D eigenvalue weighted by Gasteiger charge is -2.28. The Kier molecular flexibility index (Phi) is 6.07. The number of nitrogens with zero attached hydrogens (tertiary/aromatic N) is 3. The Morgan fingerprint density at radius 1 is 0.971 bits per heavy atom. The Bertz CT molecular complexity index is 1290. The van der Waals surface area contributed by atoms with Crippen LogP contribution in [0.15, 0.2) is 85.1 Å². The number of benzene rings is 2. The third-order valence-corrected chi connectivity index (χ3v) is 6.87. The molecule has 0 unspecified atom stereocenters. The summed E-state index contributed by atoms with van der Waals surface area (Å²) in [5.41, 5.74) is 6.97. The van der Waals surface area contributed by atoms with Crippen molar-refractivity contribution < 1.29 is 4.74 Å². The molecule has 0 spiro atoms. The number of nitrogens with one attached hydrogen (secondary N) is 1. The molecule has 3 heterocycles. The van der Waals surface area contributed by atoms with E-state index in [2.05, 4.69) is 82.1 Å². The van der Waals surface area contributed by atoms with E-state index < -0.39 is 0 Å². The van der Waals surface area contributed by atoms with Gasteiger partial charge in [-0.1, -0.05) is 36.4 Å². The van der Waals surface area contributed by atoms with E-state index in [1.165, 1.54) is 22.5 Å². The molecule has 1 aliphatic rings. The smallest absolute Gasteiger partial charge is 0.170 e. The largest absolute Gasteiger partial charge is 0.497 e. The number of methoxy groups -OCH3 is 1. The number of pyridine rings is 1. The molecule has 1 aliphatic heterocycles. The number of para-hydroxylation sites is 1. The predicted octanol–water partition coefficient (Wildman–Crippen LogP) is 5.67. The van der Waals surface area contributed by atoms with E-state index in [-0.39, 0.29) is 12.1 Å². The fraction of sp³-hybridized carbons (Fsp3) is 0.214. The summed E-state index contributed by atoms with van der Waals surface area (Å²) in [7, 11) is 1.69. The van der Waals surface area contributed by atoms with Gasteiger partial charge in [-0.2, -0.15) is 0 Å². The second-order valence-electron chi connectivity index (χ2n) is 8.60. The SMILES string of the molecule is COc1ccc(CN2C(=S)N[C@H](c3ccccn3)[C@H]2c2cc(C)n(-c3ccccc3)c2C)cc1. The molecule has 172 valence electrons. The summed E-state index contributed by atoms with van der Waals surface area (Å²) in [5.74, 6) is 0.847. The number of hydrogen-bond acceptors (Lipinski definition) is 3. The maximum Gasteiger partial charge on any atom is 0.170 e. The fourth-order valence-corrected chi connectivity index (χ4v) is 5.21. The van der Waals surface area contributed by atoms with Crippen molar-refractivity contribution in [3.8, 4) is 11.4 Å². The van der Waals surface area contributed by atoms with E-state index in [0.29, 0.717) is 6.54 Å². The number of hydrogen-bond donors (Lipinski definition) is 1. The zero-order valence-electron chi connectivity index (χ0n) is 19.6. The third kappa shape index (κ3) is 4.05. The number of aromatic nitrogens is 2. The molecular weight excluding hydrogens is 440 g/mol. The minimum atomic E-state index is -0.0447. The molecule has 2 aromatic heterocycles. The zero-order valence-corrected chi connectivity index (χ0v) is 20.4. The van der Waals surface area contributed by atoms with Gasteiger partial charge in [-0.05, 0) is 79.7 Å². The molecule has 0 aliphatic carbocycles. The van der Waals surface area contributed by atoms with E-state index in [9.17, 15) is 0 Å². The highest BCUT2D eigenvalue weighted by Crippen LogP contribution is 2.42. The van der Waals surface area contributed by atoms with E-state index >= 15 is 0 Å². The normalized spacial score (nSPS) is 17.6. The molecule has 34 heavy (non-hydrogen) atoms. The molecule has 2 aromatic carbocycles. The van der Waals surface area contributed by atoms with Crippen LogP contribution >= 0.6 is 12.2 Å². The summed E-state index contributed by atoms with van der Waals surface area (Å²) in [4.78, 5) is 6.97. The second kappa shape index (κ2) is 9.31. The lowest BCUT2D eigenvalue weighted by molar-refractivity contribution is 0.310. The summed E-state index contributed by atoms with van der Waals surface area (Å²) in [6.07, 6.45) is 1.84. The maximum absolute atomic E-state index is 5.87. The van der Waals surface area contributed by atoms with Gasteiger partial charge in [0.05, 0.1) is 24.9 Å². The van der Waals surface area contributed by atoms with Crippen LogP contribution in [0.1, 0.15) is 40.3 Å². The molecule has 1 N–H and O–H groups in total. The third-order valence-electron chi connectivity index (χ3n) is 6.51. The zero-order chi connectivity index (χ0) is 23.7. The minimum absolute atomic E-state index is 0.00756. The Balaban J connectivity index is 1.59. The Labute approximate surface area is 206 Å². The Hall–Kier alpha value is -3.64. The van der Waals surface area contributed by atoms with Gasteiger partial charge < -0.3 is 19.5 Å². The number of thiocarbonyl (C=S) groups is 1. The summed E-state index contributed by atoms with van der Waals surface area (Å²) in [6, 6.07) is 27.0. The van der Waals surface area contributed by atoms with Crippen LogP contribution in [0, 0.1) is 13.8 Å². The van der Waals surface area contributed by atoms with E-state index in [0.717, 1.165) is 22.2 Å². The first kappa shape index (κ1) is 22.2. The van der Waals surface area contributed by atoms with Crippen molar-refractivity contribution in [2.24, 2.45) is 0 Å². The fourth-order valence-electron chi connectivity index (χ4n) is 4.90. The molecule has 0 bridgehead atoms. The van der Waals surface area contributed by atoms with Crippen LogP contribution in [0.5, 0.6) is 5.75 Å². The summed E-state index contributed by atoms with van der Waals surface area (Å²) in [5, 5.41) is 4.31. The molecule has 0 amide bonds. The maximum atomic E-state index is 5.87. The predicted molar refractivity (Wildman–Crippen MR) is 139 cm³/mol. The standard InChI is InChI=1S/C28H28N4OS/c1-19-17-24(20(2)32(19)22-9-5-4-6-10-22)27-26(25-11-7-8-16-29-25)30-28(34)31(27)18-21-12-14-23(33-3)15-13-21/h4-17,26-27H,18H2,1-3H3,(H,30,34)/t26-,27-/m1/s1. The Morgan fingerprint density at radius 3 is 2.38 bits per heavy atom. The van der Waals surface area contributed by atoms with Crippen LogP contribution in [-0.4, -0.2) is 26.7 Å². The van der Waals surface area contributed by atoms with Gasteiger partial charge in [0.15, 0.2) is 5.11 Å². The first-order valence-corrected chi connectivity index (χ1v) is 11.8. The lowest BCUT2D eigenvalue weighted by Crippen LogP contribution is -2.29. The van der Waals surface area contributed by atoms with Gasteiger partial charge in [0, 0.05) is 29.8 Å². The van der Waals surface area contributed by atoms with Crippen molar-refractivity contribution in [3.63, 3.8) is 0 Å². The van der Waals surface area contributed by atoms with E-state index in [1.807, 2.05) is 36.5 Å². The van der Waals surface area contributed by atoms with Gasteiger partial charge in [-0.25, -0.2) is 0 Å². The van der Waals surface area contributed by atoms with Crippen molar-refractivity contribution in [2.45, 2.75) is 32.5 Å². The average Bonchev–Trinajstić information content (AvgIpc) is 3.35. The summed E-state index contributed by atoms with van der Waals surface area (Å²) in [6.45, 7) is 5.05. The number of rotatable bonds is 6. The molecule has 5 rings (SSSR count). The van der Waals surface area contributed by atoms with Crippen LogP contribution < -0.4 is 10.1 Å². The van der Waals surface area contributed by atoms with Crippen molar-refractivity contribution >= 4 is 17.3 Å². The van der Waals surface area contributed by atoms with Crippen LogP contribution in [0.4, 0.5) is 0 Å². The number of aryl methyl sites for hydroxylation is 1. The molecule has 2 atom stereocenters. The minimum Gasteiger partial charge on any atom is -0.497 e. The van der Waals surface area contributed by atoms with Crippen molar-refractivity contribution in [3.05, 3.63) is 113 Å². The number of ether oxygens (including phenoxy) is 1. The molecule has 5 nitrogen and oxygen atoms in total. The molecule has 0 saturated carbocycles. The molecule has 0 radical (unpaired) electrons. The first-order chi connectivity index (χ1) is 16.6. The molecular formula is C28H28N4OS. The molecule has 6 heteroatoms. The highest BCUT2D eigenvalue weighted by Gasteiger charge is 2.41. The monoisotopic (exact) mass is 468 g/mol. The van der Waals surface area contributed by atoms with Crippen molar-refractivity contribution in [2.75, 3.05) is 7.11 Å². The quantitative estimate of drug-likeness (QED) is 0.369. The van der Waals surface area contributed by atoms with Gasteiger partial charge in [0.25, 0.3) is 0 Å². The average molecular weight is 469 g/mol. The van der Waals surface area contributed by atoms with Gasteiger partial charge >= 0.3 is 0 Å². The summed E-state index contributed by atoms with van der Waals surface area (Å²) >= 11 is 5.87. The molecule has 1 fully saturated rings. The highest BCUT2D eigenvalue weighted by molar-refractivity contribution is 7.80. The van der Waals surface area contributed by atoms with Crippen molar-refractivity contribution in [1.29, 1.82) is 0 Å². The Morgan fingerprint density at radius 2 is 1.71 bits per heavy atom. The first-order valence-electron chi connectivity index (χ1n) is 11.4. The van der Waals surface area contributed by atoms with E-state index in [1.54, 1.807) is 7.11 Å².